The van der Waals surface area contributed by atoms with Crippen LogP contribution in [0.15, 0.2) is 36.4 Å². The molecule has 1 nitrogen and oxygen atoms in total. The van der Waals surface area contributed by atoms with Crippen molar-refractivity contribution in [3.05, 3.63) is 47.5 Å². The van der Waals surface area contributed by atoms with Crippen LogP contribution in [0.2, 0.25) is 0 Å². The van der Waals surface area contributed by atoms with Crippen molar-refractivity contribution in [3.8, 4) is 0 Å². The summed E-state index contributed by atoms with van der Waals surface area (Å²) in [5.74, 6) is 2.35. The Labute approximate surface area is 154 Å². The molecule has 0 aromatic heterocycles. The third kappa shape index (κ3) is 5.45. The van der Waals surface area contributed by atoms with Crippen molar-refractivity contribution < 1.29 is 4.74 Å². The molecular weight excluding hydrogens is 304 g/mol. The Morgan fingerprint density at radius 3 is 2.28 bits per heavy atom. The lowest BCUT2D eigenvalue weighted by Crippen LogP contribution is -2.24. The third-order valence-corrected chi connectivity index (χ3v) is 6.33. The van der Waals surface area contributed by atoms with Crippen LogP contribution in [0.3, 0.4) is 0 Å². The third-order valence-electron chi connectivity index (χ3n) is 6.33. The van der Waals surface area contributed by atoms with Gasteiger partial charge in [0.05, 0.1) is 12.7 Å². The molecule has 0 N–H and O–H groups in total. The molecule has 3 rings (SSSR count). The van der Waals surface area contributed by atoms with Gasteiger partial charge in [0.15, 0.2) is 0 Å². The molecule has 1 heteroatoms. The second-order valence-corrected chi connectivity index (χ2v) is 8.20. The van der Waals surface area contributed by atoms with E-state index in [9.17, 15) is 0 Å². The summed E-state index contributed by atoms with van der Waals surface area (Å²) in [6.07, 6.45) is 16.9. The van der Waals surface area contributed by atoms with Gasteiger partial charge >= 0.3 is 0 Å². The van der Waals surface area contributed by atoms with Crippen molar-refractivity contribution in [1.29, 1.82) is 0 Å². The van der Waals surface area contributed by atoms with Gasteiger partial charge in [0.2, 0.25) is 0 Å². The molecule has 2 unspecified atom stereocenters. The van der Waals surface area contributed by atoms with Crippen LogP contribution >= 0.6 is 0 Å². The molecule has 2 aliphatic rings. The molecule has 0 spiro atoms. The fourth-order valence-corrected chi connectivity index (χ4v) is 4.57. The Bertz CT molecular complexity index is 514. The van der Waals surface area contributed by atoms with Crippen LogP contribution in [0.5, 0.6) is 0 Å². The van der Waals surface area contributed by atoms with Gasteiger partial charge in [0.25, 0.3) is 0 Å². The minimum Gasteiger partial charge on any atom is -0.374 e. The lowest BCUT2D eigenvalue weighted by atomic mass is 9.78. The van der Waals surface area contributed by atoms with E-state index >= 15 is 0 Å². The maximum atomic E-state index is 6.06. The number of ether oxygens (including phenoxy) is 1. The Hall–Kier alpha value is -1.08. The molecule has 1 saturated heterocycles. The molecule has 1 aliphatic heterocycles. The molecule has 1 aromatic carbocycles. The quantitative estimate of drug-likeness (QED) is 0.525. The van der Waals surface area contributed by atoms with Crippen molar-refractivity contribution in [2.24, 2.45) is 11.8 Å². The Morgan fingerprint density at radius 1 is 0.920 bits per heavy atom. The Kier molecular flexibility index (Phi) is 7.16. The normalized spacial score (nSPS) is 30.6. The van der Waals surface area contributed by atoms with E-state index in [0.717, 1.165) is 30.8 Å². The number of hydrogen-bond donors (Lipinski definition) is 0. The SMILES string of the molecule is CCCC1CCC(/C=C/C2CCC(c3ccc(CC)cc3)CC2)OC1. The molecular formula is C24H36O. The van der Waals surface area contributed by atoms with E-state index in [1.165, 1.54) is 56.9 Å². The lowest BCUT2D eigenvalue weighted by molar-refractivity contribution is 0.00806. The average Bonchev–Trinajstić information content (AvgIpc) is 2.68. The van der Waals surface area contributed by atoms with Crippen molar-refractivity contribution in [2.45, 2.75) is 83.7 Å². The zero-order valence-corrected chi connectivity index (χ0v) is 16.3. The second kappa shape index (κ2) is 9.57. The second-order valence-electron chi connectivity index (χ2n) is 8.20. The summed E-state index contributed by atoms with van der Waals surface area (Å²) in [7, 11) is 0. The van der Waals surface area contributed by atoms with Crippen molar-refractivity contribution in [1.82, 2.24) is 0 Å². The summed E-state index contributed by atoms with van der Waals surface area (Å²) in [4.78, 5) is 0. The fourth-order valence-electron chi connectivity index (χ4n) is 4.57. The molecule has 1 heterocycles. The summed E-state index contributed by atoms with van der Waals surface area (Å²) in [5, 5.41) is 0. The van der Waals surface area contributed by atoms with Crippen LogP contribution in [0.1, 0.15) is 82.3 Å². The highest BCUT2D eigenvalue weighted by Crippen LogP contribution is 2.36. The molecule has 0 bridgehead atoms. The van der Waals surface area contributed by atoms with Crippen LogP contribution < -0.4 is 0 Å². The topological polar surface area (TPSA) is 9.23 Å². The van der Waals surface area contributed by atoms with Crippen molar-refractivity contribution >= 4 is 0 Å². The van der Waals surface area contributed by atoms with Crippen molar-refractivity contribution in [3.63, 3.8) is 0 Å². The van der Waals surface area contributed by atoms with E-state index in [-0.39, 0.29) is 0 Å². The molecule has 25 heavy (non-hydrogen) atoms. The average molecular weight is 341 g/mol. The molecule has 1 saturated carbocycles. The molecule has 138 valence electrons. The van der Waals surface area contributed by atoms with Crippen molar-refractivity contribution in [2.75, 3.05) is 6.61 Å². The van der Waals surface area contributed by atoms with Gasteiger partial charge in [0, 0.05) is 0 Å². The van der Waals surface area contributed by atoms with Gasteiger partial charge in [-0.15, -0.1) is 0 Å². The summed E-state index contributed by atoms with van der Waals surface area (Å²) in [6.45, 7) is 5.48. The fraction of sp³-hybridized carbons (Fsp3) is 0.667. The minimum absolute atomic E-state index is 0.382. The van der Waals surface area contributed by atoms with Crippen LogP contribution in [0.4, 0.5) is 0 Å². The molecule has 2 fully saturated rings. The van der Waals surface area contributed by atoms with E-state index in [4.69, 9.17) is 4.74 Å². The number of hydrogen-bond acceptors (Lipinski definition) is 1. The van der Waals surface area contributed by atoms with Gasteiger partial charge < -0.3 is 4.74 Å². The Balaban J connectivity index is 1.41. The summed E-state index contributed by atoms with van der Waals surface area (Å²) < 4.78 is 6.06. The van der Waals surface area contributed by atoms with Gasteiger partial charge in [0.1, 0.15) is 0 Å². The van der Waals surface area contributed by atoms with E-state index < -0.39 is 0 Å². The smallest absolute Gasteiger partial charge is 0.0756 e. The molecule has 2 atom stereocenters. The first kappa shape index (κ1) is 18.7. The van der Waals surface area contributed by atoms with E-state index in [2.05, 4.69) is 50.3 Å². The Morgan fingerprint density at radius 2 is 1.68 bits per heavy atom. The number of allylic oxidation sites excluding steroid dienone is 1. The van der Waals surface area contributed by atoms with Crippen LogP contribution in [0, 0.1) is 11.8 Å². The maximum absolute atomic E-state index is 6.06. The van der Waals surface area contributed by atoms with Gasteiger partial charge in [-0.25, -0.2) is 0 Å². The summed E-state index contributed by atoms with van der Waals surface area (Å²) in [6, 6.07) is 9.35. The van der Waals surface area contributed by atoms with E-state index in [1.807, 2.05) is 0 Å². The number of rotatable bonds is 6. The summed E-state index contributed by atoms with van der Waals surface area (Å²) in [5.41, 5.74) is 3.01. The standard InChI is InChI=1S/C24H36O/c1-3-5-21-11-17-24(25-18-21)16-10-20-8-14-23(15-9-20)22-12-6-19(4-2)7-13-22/h6-7,10,12-13,16,20-21,23-24H,3-5,8-9,11,14-15,17-18H2,1-2H3/b16-10+. The predicted octanol–water partition coefficient (Wildman–Crippen LogP) is 6.67. The largest absolute Gasteiger partial charge is 0.374 e. The first-order chi connectivity index (χ1) is 12.3. The van der Waals surface area contributed by atoms with Crippen LogP contribution in [-0.2, 0) is 11.2 Å². The highest BCUT2D eigenvalue weighted by atomic mass is 16.5. The maximum Gasteiger partial charge on any atom is 0.0756 e. The van der Waals surface area contributed by atoms with Gasteiger partial charge in [-0.3, -0.25) is 0 Å². The minimum atomic E-state index is 0.382. The summed E-state index contributed by atoms with van der Waals surface area (Å²) >= 11 is 0. The zero-order chi connectivity index (χ0) is 17.5. The van der Waals surface area contributed by atoms with Crippen LogP contribution in [-0.4, -0.2) is 12.7 Å². The number of benzene rings is 1. The first-order valence-electron chi connectivity index (χ1n) is 10.7. The molecule has 0 radical (unpaired) electrons. The predicted molar refractivity (Wildman–Crippen MR) is 107 cm³/mol. The van der Waals surface area contributed by atoms with E-state index in [0.29, 0.717) is 6.10 Å². The zero-order valence-electron chi connectivity index (χ0n) is 16.3. The number of aryl methyl sites for hydroxylation is 1. The monoisotopic (exact) mass is 340 g/mol. The first-order valence-corrected chi connectivity index (χ1v) is 10.7. The van der Waals surface area contributed by atoms with Gasteiger partial charge in [-0.05, 0) is 80.2 Å². The van der Waals surface area contributed by atoms with Gasteiger partial charge in [-0.2, -0.15) is 0 Å². The van der Waals surface area contributed by atoms with Gasteiger partial charge in [-0.1, -0.05) is 56.7 Å². The molecule has 1 aromatic rings. The van der Waals surface area contributed by atoms with E-state index in [1.54, 1.807) is 5.56 Å². The highest BCUT2D eigenvalue weighted by molar-refractivity contribution is 5.25. The van der Waals surface area contributed by atoms with Crippen LogP contribution in [0.25, 0.3) is 0 Å². The molecule has 1 aliphatic carbocycles. The lowest BCUT2D eigenvalue weighted by Gasteiger charge is -2.29. The highest BCUT2D eigenvalue weighted by Gasteiger charge is 2.22. The molecule has 0 amide bonds.